The zero-order valence-corrected chi connectivity index (χ0v) is 27.3. The van der Waals surface area contributed by atoms with E-state index in [4.69, 9.17) is 10.5 Å². The van der Waals surface area contributed by atoms with Crippen LogP contribution in [0, 0.1) is 11.8 Å². The Bertz CT molecular complexity index is 675. The van der Waals surface area contributed by atoms with Crippen molar-refractivity contribution in [2.45, 2.75) is 145 Å². The summed E-state index contributed by atoms with van der Waals surface area (Å²) in [5.74, 6) is 0.506. The zero-order valence-electron chi connectivity index (χ0n) is 27.3. The van der Waals surface area contributed by atoms with Crippen LogP contribution in [0.2, 0.25) is 0 Å². The van der Waals surface area contributed by atoms with Gasteiger partial charge >= 0.3 is 6.09 Å². The second-order valence-corrected chi connectivity index (χ2v) is 11.6. The molecule has 0 spiro atoms. The van der Waals surface area contributed by atoms with Gasteiger partial charge in [0, 0.05) is 12.6 Å². The maximum Gasteiger partial charge on any atom is 0.408 e. The second-order valence-electron chi connectivity index (χ2n) is 11.6. The van der Waals surface area contributed by atoms with E-state index in [2.05, 4.69) is 45.3 Å². The number of aliphatic hydroxyl groups excluding tert-OH is 1. The van der Waals surface area contributed by atoms with Crippen molar-refractivity contribution in [3.05, 3.63) is 0 Å². The van der Waals surface area contributed by atoms with Gasteiger partial charge in [0.05, 0.1) is 6.04 Å². The Hall–Kier alpha value is -2.36. The zero-order chi connectivity index (χ0) is 31.9. The average molecular weight is 575 g/mol. The lowest BCUT2D eigenvalue weighted by Gasteiger charge is -2.30. The van der Waals surface area contributed by atoms with Crippen molar-refractivity contribution < 1.29 is 29.0 Å². The first kappa shape index (κ1) is 42.1. The number of aliphatic hydroxyl groups is 1. The summed E-state index contributed by atoms with van der Waals surface area (Å²) in [7, 11) is 0. The standard InChI is InChI=1S/C12H22N2O3.C9H16N2O3.C4H10.C3H8.C2H6/c1-9-6-5-7-14(9)10(15)8-13-11(16)17-12(2,3)4;10-9(14)8(13)7(11-5-12)4-6-2-1-3-6;1-4(2)3;1-3-2;1-2/h9H,5-8H2,1-4H3,(H,13,16);5-8,13H,1-4H2,(H2,10,14)(H,11,12);4H,1-3H3;3H2,1-2H3;1-2H3. The fourth-order valence-corrected chi connectivity index (χ4v) is 3.53. The normalized spacial score (nSPS) is 17.3. The van der Waals surface area contributed by atoms with E-state index >= 15 is 0 Å². The van der Waals surface area contributed by atoms with E-state index in [1.807, 2.05) is 20.8 Å². The first-order valence-electron chi connectivity index (χ1n) is 15.0. The molecular formula is C30H62N4O6. The van der Waals surface area contributed by atoms with Gasteiger partial charge in [0.15, 0.2) is 6.10 Å². The van der Waals surface area contributed by atoms with Gasteiger partial charge in [-0.15, -0.1) is 0 Å². The van der Waals surface area contributed by atoms with E-state index in [1.165, 1.54) is 12.8 Å². The summed E-state index contributed by atoms with van der Waals surface area (Å²) in [4.78, 5) is 45.9. The maximum absolute atomic E-state index is 11.8. The molecule has 10 heteroatoms. The third-order valence-corrected chi connectivity index (χ3v) is 5.42. The number of carbonyl (C=O) groups excluding carboxylic acids is 4. The van der Waals surface area contributed by atoms with E-state index < -0.39 is 29.7 Å². The lowest BCUT2D eigenvalue weighted by molar-refractivity contribution is -0.131. The molecule has 1 heterocycles. The van der Waals surface area contributed by atoms with Crippen LogP contribution in [0.25, 0.3) is 0 Å². The molecule has 0 radical (unpaired) electrons. The van der Waals surface area contributed by atoms with Crippen LogP contribution in [0.4, 0.5) is 4.79 Å². The number of carbonyl (C=O) groups is 4. The Morgan fingerprint density at radius 1 is 1.07 bits per heavy atom. The fraction of sp³-hybridized carbons (Fsp3) is 0.867. The molecule has 3 atom stereocenters. The SMILES string of the molecule is CC.CC(C)C.CC1CCCN1C(=O)CNC(=O)OC(C)(C)C.CCC.NC(=O)C(O)C(CC1CCC1)NC=O. The van der Waals surface area contributed by atoms with Gasteiger partial charge in [0.25, 0.3) is 0 Å². The average Bonchev–Trinajstić information content (AvgIpc) is 3.25. The van der Waals surface area contributed by atoms with Crippen molar-refractivity contribution in [1.29, 1.82) is 0 Å². The van der Waals surface area contributed by atoms with Crippen LogP contribution in [0.3, 0.4) is 0 Å². The summed E-state index contributed by atoms with van der Waals surface area (Å²) in [6.45, 7) is 22.9. The van der Waals surface area contributed by atoms with Gasteiger partial charge in [-0.25, -0.2) is 4.79 Å². The number of likely N-dealkylation sites (tertiary alicyclic amines) is 1. The molecule has 10 nitrogen and oxygen atoms in total. The van der Waals surface area contributed by atoms with Crippen molar-refractivity contribution in [3.63, 3.8) is 0 Å². The Balaban J connectivity index is -0.000000533. The van der Waals surface area contributed by atoms with Crippen molar-refractivity contribution in [3.8, 4) is 0 Å². The summed E-state index contributed by atoms with van der Waals surface area (Å²) < 4.78 is 5.06. The number of nitrogens with one attached hydrogen (secondary N) is 2. The van der Waals surface area contributed by atoms with Gasteiger partial charge in [-0.2, -0.15) is 0 Å². The highest BCUT2D eigenvalue weighted by molar-refractivity contribution is 5.82. The molecule has 238 valence electrons. The van der Waals surface area contributed by atoms with Crippen molar-refractivity contribution in [2.24, 2.45) is 17.6 Å². The first-order chi connectivity index (χ1) is 18.6. The van der Waals surface area contributed by atoms with Crippen LogP contribution >= 0.6 is 0 Å². The Morgan fingerprint density at radius 2 is 1.57 bits per heavy atom. The molecule has 1 saturated carbocycles. The molecule has 5 N–H and O–H groups in total. The predicted molar refractivity (Wildman–Crippen MR) is 163 cm³/mol. The number of amides is 4. The number of rotatable bonds is 8. The molecule has 1 aliphatic carbocycles. The van der Waals surface area contributed by atoms with E-state index in [0.29, 0.717) is 18.7 Å². The van der Waals surface area contributed by atoms with E-state index in [1.54, 1.807) is 25.7 Å². The molecule has 0 bridgehead atoms. The summed E-state index contributed by atoms with van der Waals surface area (Å²) in [5.41, 5.74) is 4.42. The monoisotopic (exact) mass is 574 g/mol. The number of hydrogen-bond acceptors (Lipinski definition) is 6. The lowest BCUT2D eigenvalue weighted by atomic mass is 9.80. The minimum Gasteiger partial charge on any atom is -0.444 e. The molecular weight excluding hydrogens is 512 g/mol. The number of ether oxygens (including phenoxy) is 1. The minimum atomic E-state index is -1.28. The van der Waals surface area contributed by atoms with Crippen molar-refractivity contribution in [2.75, 3.05) is 13.1 Å². The quantitative estimate of drug-likeness (QED) is 0.307. The van der Waals surface area contributed by atoms with Gasteiger partial charge in [0.1, 0.15) is 12.1 Å². The predicted octanol–water partition coefficient (Wildman–Crippen LogP) is 4.76. The van der Waals surface area contributed by atoms with Gasteiger partial charge in [0.2, 0.25) is 18.2 Å². The molecule has 1 aliphatic heterocycles. The fourth-order valence-electron chi connectivity index (χ4n) is 3.53. The van der Waals surface area contributed by atoms with Crippen molar-refractivity contribution >= 4 is 24.3 Å². The van der Waals surface area contributed by atoms with Gasteiger partial charge in [-0.3, -0.25) is 14.4 Å². The highest BCUT2D eigenvalue weighted by Crippen LogP contribution is 2.30. The summed E-state index contributed by atoms with van der Waals surface area (Å²) in [6.07, 6.45) is 6.02. The summed E-state index contributed by atoms with van der Waals surface area (Å²) in [5, 5.41) is 14.3. The van der Waals surface area contributed by atoms with Gasteiger partial charge in [-0.1, -0.05) is 74.1 Å². The number of nitrogens with zero attached hydrogens (tertiary/aromatic N) is 1. The van der Waals surface area contributed by atoms with Gasteiger partial charge < -0.3 is 31.1 Å². The smallest absolute Gasteiger partial charge is 0.408 e. The number of alkyl carbamates (subject to hydrolysis) is 1. The molecule has 0 aromatic carbocycles. The molecule has 40 heavy (non-hydrogen) atoms. The second kappa shape index (κ2) is 24.4. The maximum atomic E-state index is 11.8. The molecule has 0 aromatic rings. The van der Waals surface area contributed by atoms with Gasteiger partial charge in [-0.05, 0) is 58.8 Å². The molecule has 2 rings (SSSR count). The van der Waals surface area contributed by atoms with Crippen LogP contribution in [0.15, 0.2) is 0 Å². The topological polar surface area (TPSA) is 151 Å². The molecule has 2 fully saturated rings. The van der Waals surface area contributed by atoms with Crippen LogP contribution in [0.5, 0.6) is 0 Å². The van der Waals surface area contributed by atoms with Crippen LogP contribution in [-0.2, 0) is 19.1 Å². The van der Waals surface area contributed by atoms with E-state index in [0.717, 1.165) is 38.1 Å². The molecule has 4 amide bonds. The molecule has 3 unspecified atom stereocenters. The lowest BCUT2D eigenvalue weighted by Crippen LogP contribution is -2.48. The van der Waals surface area contributed by atoms with E-state index in [-0.39, 0.29) is 18.5 Å². The Kier molecular flexibility index (Phi) is 25.7. The first-order valence-corrected chi connectivity index (χ1v) is 15.0. The molecule has 1 saturated heterocycles. The highest BCUT2D eigenvalue weighted by Gasteiger charge is 2.29. The number of primary amides is 1. The highest BCUT2D eigenvalue weighted by atomic mass is 16.6. The summed E-state index contributed by atoms with van der Waals surface area (Å²) >= 11 is 0. The number of nitrogens with two attached hydrogens (primary N) is 1. The Morgan fingerprint density at radius 3 is 1.90 bits per heavy atom. The third kappa shape index (κ3) is 23.5. The van der Waals surface area contributed by atoms with Crippen molar-refractivity contribution in [1.82, 2.24) is 15.5 Å². The molecule has 0 aromatic heterocycles. The van der Waals surface area contributed by atoms with Crippen LogP contribution in [0.1, 0.15) is 121 Å². The Labute approximate surface area is 244 Å². The van der Waals surface area contributed by atoms with E-state index in [9.17, 15) is 24.3 Å². The summed E-state index contributed by atoms with van der Waals surface area (Å²) in [6, 6.07) is -0.252. The number of hydrogen-bond donors (Lipinski definition) is 4. The minimum absolute atomic E-state index is 0.0131. The molecule has 2 aliphatic rings. The van der Waals surface area contributed by atoms with Crippen LogP contribution in [-0.4, -0.2) is 71.2 Å². The van der Waals surface area contributed by atoms with Crippen LogP contribution < -0.4 is 16.4 Å². The third-order valence-electron chi connectivity index (χ3n) is 5.42. The largest absolute Gasteiger partial charge is 0.444 e.